The molecule has 1 unspecified atom stereocenters. The molecule has 2 fully saturated rings. The first-order valence-corrected chi connectivity index (χ1v) is 6.20. The molecule has 1 saturated carbocycles. The van der Waals surface area contributed by atoms with Gasteiger partial charge in [-0.2, -0.15) is 0 Å². The Hall–Kier alpha value is -0.570. The molecule has 0 radical (unpaired) electrons. The minimum atomic E-state index is -0.570. The molecule has 3 heteroatoms. The maximum Gasteiger partial charge on any atom is 0.311 e. The number of nitrogens with one attached hydrogen (secondary N) is 1. The molecule has 1 heterocycles. The predicted molar refractivity (Wildman–Crippen MR) is 58.7 cm³/mol. The van der Waals surface area contributed by atoms with Gasteiger partial charge in [-0.3, -0.25) is 4.79 Å². The number of carboxylic acids is 1. The fourth-order valence-corrected chi connectivity index (χ4v) is 3.25. The summed E-state index contributed by atoms with van der Waals surface area (Å²) in [5.41, 5.74) is -0.440. The normalized spacial score (nSPS) is 33.9. The average Bonchev–Trinajstić information content (AvgIpc) is 2.56. The van der Waals surface area contributed by atoms with Gasteiger partial charge in [0.05, 0.1) is 5.41 Å². The summed E-state index contributed by atoms with van der Waals surface area (Å²) >= 11 is 0. The van der Waals surface area contributed by atoms with Crippen LogP contribution >= 0.6 is 0 Å². The van der Waals surface area contributed by atoms with Crippen LogP contribution in [0.3, 0.4) is 0 Å². The van der Waals surface area contributed by atoms with Crippen LogP contribution in [0.25, 0.3) is 0 Å². The van der Waals surface area contributed by atoms with Crippen molar-refractivity contribution in [1.29, 1.82) is 0 Å². The summed E-state index contributed by atoms with van der Waals surface area (Å²) in [6.07, 6.45) is 8.09. The van der Waals surface area contributed by atoms with E-state index < -0.39 is 11.4 Å². The third-order valence-electron chi connectivity index (χ3n) is 4.25. The van der Waals surface area contributed by atoms with Crippen molar-refractivity contribution < 1.29 is 9.90 Å². The summed E-state index contributed by atoms with van der Waals surface area (Å²) in [7, 11) is 0. The lowest BCUT2D eigenvalue weighted by Crippen LogP contribution is -2.40. The fourth-order valence-electron chi connectivity index (χ4n) is 3.25. The van der Waals surface area contributed by atoms with Gasteiger partial charge < -0.3 is 10.4 Å². The van der Waals surface area contributed by atoms with Crippen molar-refractivity contribution in [1.82, 2.24) is 5.32 Å². The lowest BCUT2D eigenvalue weighted by Gasteiger charge is -2.32. The Kier molecular flexibility index (Phi) is 3.29. The SMILES string of the molecule is O=C(O)C1(C2CCCCCC2)CCNC1. The van der Waals surface area contributed by atoms with Gasteiger partial charge >= 0.3 is 5.97 Å². The molecule has 0 aromatic rings. The Morgan fingerprint density at radius 2 is 1.87 bits per heavy atom. The minimum absolute atomic E-state index is 0.410. The van der Waals surface area contributed by atoms with Crippen molar-refractivity contribution in [3.8, 4) is 0 Å². The standard InChI is InChI=1S/C12H21NO2/c14-11(15)12(7-8-13-9-12)10-5-3-1-2-4-6-10/h10,13H,1-9H2,(H,14,15). The van der Waals surface area contributed by atoms with Crippen LogP contribution in [0.5, 0.6) is 0 Å². The first-order valence-electron chi connectivity index (χ1n) is 6.20. The second-order valence-electron chi connectivity index (χ2n) is 5.08. The number of hydrogen-bond acceptors (Lipinski definition) is 2. The van der Waals surface area contributed by atoms with E-state index in [0.29, 0.717) is 12.5 Å². The number of carboxylic acid groups (broad SMARTS) is 1. The van der Waals surface area contributed by atoms with Crippen molar-refractivity contribution in [3.05, 3.63) is 0 Å². The second kappa shape index (κ2) is 4.52. The highest BCUT2D eigenvalue weighted by Crippen LogP contribution is 2.42. The van der Waals surface area contributed by atoms with Crippen LogP contribution in [-0.2, 0) is 4.79 Å². The van der Waals surface area contributed by atoms with Gasteiger partial charge in [-0.15, -0.1) is 0 Å². The zero-order chi connectivity index (χ0) is 10.7. The van der Waals surface area contributed by atoms with Gasteiger partial charge in [0, 0.05) is 6.54 Å². The van der Waals surface area contributed by atoms with Gasteiger partial charge in [0.2, 0.25) is 0 Å². The predicted octanol–water partition coefficient (Wildman–Crippen LogP) is 2.02. The molecule has 0 spiro atoms. The van der Waals surface area contributed by atoms with Gasteiger partial charge in [-0.1, -0.05) is 25.7 Å². The van der Waals surface area contributed by atoms with Gasteiger partial charge in [0.1, 0.15) is 0 Å². The van der Waals surface area contributed by atoms with Crippen LogP contribution in [-0.4, -0.2) is 24.2 Å². The maximum absolute atomic E-state index is 11.5. The first-order chi connectivity index (χ1) is 7.26. The zero-order valence-electron chi connectivity index (χ0n) is 9.30. The lowest BCUT2D eigenvalue weighted by molar-refractivity contribution is -0.151. The molecule has 2 rings (SSSR count). The fraction of sp³-hybridized carbons (Fsp3) is 0.917. The summed E-state index contributed by atoms with van der Waals surface area (Å²) in [5, 5.41) is 12.7. The topological polar surface area (TPSA) is 49.3 Å². The van der Waals surface area contributed by atoms with Gasteiger partial charge in [0.25, 0.3) is 0 Å². The van der Waals surface area contributed by atoms with Crippen LogP contribution in [0.15, 0.2) is 0 Å². The van der Waals surface area contributed by atoms with Crippen molar-refractivity contribution in [3.63, 3.8) is 0 Å². The smallest absolute Gasteiger partial charge is 0.311 e. The molecular formula is C12H21NO2. The highest BCUT2D eigenvalue weighted by atomic mass is 16.4. The Morgan fingerprint density at radius 3 is 2.33 bits per heavy atom. The summed E-state index contributed by atoms with van der Waals surface area (Å²) < 4.78 is 0. The monoisotopic (exact) mass is 211 g/mol. The highest BCUT2D eigenvalue weighted by Gasteiger charge is 2.47. The van der Waals surface area contributed by atoms with Crippen LogP contribution in [0.1, 0.15) is 44.9 Å². The van der Waals surface area contributed by atoms with Crippen molar-refractivity contribution in [2.24, 2.45) is 11.3 Å². The number of carbonyl (C=O) groups is 1. The number of rotatable bonds is 2. The maximum atomic E-state index is 11.5. The van der Waals surface area contributed by atoms with E-state index in [0.717, 1.165) is 25.8 Å². The van der Waals surface area contributed by atoms with Crippen LogP contribution in [0, 0.1) is 11.3 Å². The van der Waals surface area contributed by atoms with Crippen molar-refractivity contribution in [2.75, 3.05) is 13.1 Å². The van der Waals surface area contributed by atoms with E-state index >= 15 is 0 Å². The molecule has 1 atom stereocenters. The number of aliphatic carboxylic acids is 1. The van der Waals surface area contributed by atoms with Crippen LogP contribution < -0.4 is 5.32 Å². The summed E-state index contributed by atoms with van der Waals surface area (Å²) in [4.78, 5) is 11.5. The van der Waals surface area contributed by atoms with Crippen molar-refractivity contribution in [2.45, 2.75) is 44.9 Å². The summed E-state index contributed by atoms with van der Waals surface area (Å²) in [6, 6.07) is 0. The summed E-state index contributed by atoms with van der Waals surface area (Å²) in [6.45, 7) is 1.57. The van der Waals surface area contributed by atoms with E-state index in [9.17, 15) is 9.90 Å². The molecule has 2 aliphatic rings. The minimum Gasteiger partial charge on any atom is -0.481 e. The molecule has 3 nitrogen and oxygen atoms in total. The first kappa shape index (κ1) is 10.9. The molecule has 1 aliphatic heterocycles. The van der Waals surface area contributed by atoms with Crippen LogP contribution in [0.4, 0.5) is 0 Å². The third kappa shape index (κ3) is 2.03. The molecule has 1 aliphatic carbocycles. The largest absolute Gasteiger partial charge is 0.481 e. The van der Waals surface area contributed by atoms with E-state index in [4.69, 9.17) is 0 Å². The highest BCUT2D eigenvalue weighted by molar-refractivity contribution is 5.76. The van der Waals surface area contributed by atoms with E-state index in [1.807, 2.05) is 0 Å². The van der Waals surface area contributed by atoms with Crippen LogP contribution in [0.2, 0.25) is 0 Å². The third-order valence-corrected chi connectivity index (χ3v) is 4.25. The lowest BCUT2D eigenvalue weighted by atomic mass is 9.71. The molecule has 15 heavy (non-hydrogen) atoms. The molecule has 0 aromatic carbocycles. The molecule has 0 aromatic heterocycles. The Balaban J connectivity index is 2.12. The van der Waals surface area contributed by atoms with E-state index in [-0.39, 0.29) is 0 Å². The van der Waals surface area contributed by atoms with Gasteiger partial charge in [-0.25, -0.2) is 0 Å². The molecule has 2 N–H and O–H groups in total. The Morgan fingerprint density at radius 1 is 1.20 bits per heavy atom. The van der Waals surface area contributed by atoms with E-state index in [1.54, 1.807) is 0 Å². The Bertz CT molecular complexity index is 226. The number of hydrogen-bond donors (Lipinski definition) is 2. The summed E-state index contributed by atoms with van der Waals surface area (Å²) in [5.74, 6) is -0.160. The molecular weight excluding hydrogens is 190 g/mol. The zero-order valence-corrected chi connectivity index (χ0v) is 9.30. The molecule has 86 valence electrons. The second-order valence-corrected chi connectivity index (χ2v) is 5.08. The van der Waals surface area contributed by atoms with E-state index in [2.05, 4.69) is 5.32 Å². The molecule has 1 saturated heterocycles. The molecule has 0 amide bonds. The Labute approximate surface area is 91.2 Å². The van der Waals surface area contributed by atoms with Gasteiger partial charge in [-0.05, 0) is 31.7 Å². The van der Waals surface area contributed by atoms with E-state index in [1.165, 1.54) is 25.7 Å². The van der Waals surface area contributed by atoms with Gasteiger partial charge in [0.15, 0.2) is 0 Å². The average molecular weight is 211 g/mol. The van der Waals surface area contributed by atoms with Crippen molar-refractivity contribution >= 4 is 5.97 Å². The quantitative estimate of drug-likeness (QED) is 0.687. The molecule has 0 bridgehead atoms.